The fraction of sp³-hybridized carbons (Fsp3) is 0.556. The van der Waals surface area contributed by atoms with Gasteiger partial charge in [-0.25, -0.2) is 0 Å². The summed E-state index contributed by atoms with van der Waals surface area (Å²) in [7, 11) is 0. The van der Waals surface area contributed by atoms with E-state index in [4.69, 9.17) is 5.11 Å². The third kappa shape index (κ3) is 4.37. The smallest absolute Gasteiger partial charge is 0.104 e. The Morgan fingerprint density at radius 3 is 2.45 bits per heavy atom. The fourth-order valence-corrected chi connectivity index (χ4v) is 3.01. The third-order valence-corrected chi connectivity index (χ3v) is 4.15. The first-order chi connectivity index (χ1) is 9.83. The summed E-state index contributed by atoms with van der Waals surface area (Å²) >= 11 is 0. The zero-order chi connectivity index (χ0) is 14.2. The first kappa shape index (κ1) is 15.1. The molecule has 108 valence electrons. The Bertz CT molecular complexity index is 449. The van der Waals surface area contributed by atoms with Gasteiger partial charge in [-0.3, -0.25) is 4.90 Å². The van der Waals surface area contributed by atoms with Crippen molar-refractivity contribution in [1.82, 2.24) is 4.90 Å². The number of nitrogens with zero attached hydrogens (tertiary/aromatic N) is 1. The molecule has 1 N–H and O–H groups in total. The van der Waals surface area contributed by atoms with E-state index in [1.165, 1.54) is 37.7 Å². The lowest BCUT2D eigenvalue weighted by Gasteiger charge is -2.33. The number of benzene rings is 1. The normalized spacial score (nSPS) is 15.9. The summed E-state index contributed by atoms with van der Waals surface area (Å²) in [4.78, 5) is 2.60. The van der Waals surface area contributed by atoms with Gasteiger partial charge in [0.2, 0.25) is 0 Å². The third-order valence-electron chi connectivity index (χ3n) is 4.15. The van der Waals surface area contributed by atoms with Crippen LogP contribution in [-0.2, 0) is 6.54 Å². The zero-order valence-corrected chi connectivity index (χ0v) is 12.4. The average Bonchev–Trinajstić information content (AvgIpc) is 2.52. The minimum Gasteiger partial charge on any atom is -0.384 e. The molecule has 1 saturated carbocycles. The Morgan fingerprint density at radius 1 is 1.15 bits per heavy atom. The highest BCUT2D eigenvalue weighted by Gasteiger charge is 2.19. The van der Waals surface area contributed by atoms with E-state index in [9.17, 15) is 0 Å². The number of aliphatic hydroxyl groups excluding tert-OH is 1. The van der Waals surface area contributed by atoms with E-state index in [-0.39, 0.29) is 6.61 Å². The van der Waals surface area contributed by atoms with Crippen LogP contribution in [0.5, 0.6) is 0 Å². The number of aliphatic hydroxyl groups is 1. The van der Waals surface area contributed by atoms with E-state index < -0.39 is 0 Å². The molecular formula is C18H25NO. The van der Waals surface area contributed by atoms with Gasteiger partial charge in [-0.1, -0.05) is 50.2 Å². The van der Waals surface area contributed by atoms with Crippen molar-refractivity contribution in [3.05, 3.63) is 35.4 Å². The summed E-state index contributed by atoms with van der Waals surface area (Å²) in [6.07, 6.45) is 6.89. The predicted octanol–water partition coefficient (Wildman–Crippen LogP) is 3.19. The van der Waals surface area contributed by atoms with Gasteiger partial charge in [-0.2, -0.15) is 0 Å². The Kier molecular flexibility index (Phi) is 6.11. The van der Waals surface area contributed by atoms with Gasteiger partial charge >= 0.3 is 0 Å². The molecule has 0 saturated heterocycles. The Balaban J connectivity index is 1.96. The lowest BCUT2D eigenvalue weighted by Crippen LogP contribution is -2.36. The SMILES string of the molecule is CCN(Cc1ccc(C#CCO)cc1)C1CCCCC1. The molecule has 1 aliphatic carbocycles. The van der Waals surface area contributed by atoms with Crippen LogP contribution in [0.4, 0.5) is 0 Å². The van der Waals surface area contributed by atoms with Crippen LogP contribution in [0.25, 0.3) is 0 Å². The van der Waals surface area contributed by atoms with Gasteiger partial charge in [0.05, 0.1) is 0 Å². The lowest BCUT2D eigenvalue weighted by molar-refractivity contribution is 0.156. The molecule has 0 aliphatic heterocycles. The van der Waals surface area contributed by atoms with Gasteiger partial charge in [0.15, 0.2) is 0 Å². The first-order valence-electron chi connectivity index (χ1n) is 7.76. The highest BCUT2D eigenvalue weighted by Crippen LogP contribution is 2.23. The quantitative estimate of drug-likeness (QED) is 0.850. The van der Waals surface area contributed by atoms with Crippen molar-refractivity contribution in [1.29, 1.82) is 0 Å². The molecule has 0 unspecified atom stereocenters. The van der Waals surface area contributed by atoms with Gasteiger partial charge in [0.25, 0.3) is 0 Å². The molecule has 2 rings (SSSR count). The highest BCUT2D eigenvalue weighted by atomic mass is 16.2. The van der Waals surface area contributed by atoms with Crippen molar-refractivity contribution in [3.63, 3.8) is 0 Å². The van der Waals surface area contributed by atoms with E-state index in [1.807, 2.05) is 12.1 Å². The molecule has 0 bridgehead atoms. The molecule has 1 aromatic rings. The lowest BCUT2D eigenvalue weighted by atomic mass is 9.94. The molecule has 0 radical (unpaired) electrons. The summed E-state index contributed by atoms with van der Waals surface area (Å²) in [6.45, 7) is 4.34. The van der Waals surface area contributed by atoms with Crippen molar-refractivity contribution in [2.24, 2.45) is 0 Å². The van der Waals surface area contributed by atoms with Crippen molar-refractivity contribution >= 4 is 0 Å². The maximum Gasteiger partial charge on any atom is 0.104 e. The summed E-state index contributed by atoms with van der Waals surface area (Å²) in [5.41, 5.74) is 2.33. The summed E-state index contributed by atoms with van der Waals surface area (Å²) in [5.74, 6) is 5.62. The largest absolute Gasteiger partial charge is 0.384 e. The number of hydrogen-bond donors (Lipinski definition) is 1. The molecule has 20 heavy (non-hydrogen) atoms. The fourth-order valence-electron chi connectivity index (χ4n) is 3.01. The van der Waals surface area contributed by atoms with Crippen LogP contribution < -0.4 is 0 Å². The maximum atomic E-state index is 8.70. The van der Waals surface area contributed by atoms with E-state index >= 15 is 0 Å². The molecule has 1 aromatic carbocycles. The molecule has 2 nitrogen and oxygen atoms in total. The molecule has 0 heterocycles. The summed E-state index contributed by atoms with van der Waals surface area (Å²) < 4.78 is 0. The predicted molar refractivity (Wildman–Crippen MR) is 83.4 cm³/mol. The van der Waals surface area contributed by atoms with Crippen molar-refractivity contribution < 1.29 is 5.11 Å². The summed E-state index contributed by atoms with van der Waals surface area (Å²) in [5, 5.41) is 8.70. The average molecular weight is 271 g/mol. The standard InChI is InChI=1S/C18H25NO/c1-2-19(18-8-4-3-5-9-18)15-17-12-10-16(11-13-17)7-6-14-20/h10-13,18,20H,2-5,8-9,14-15H2,1H3. The Morgan fingerprint density at radius 2 is 1.85 bits per heavy atom. The maximum absolute atomic E-state index is 8.70. The second kappa shape index (κ2) is 8.09. The van der Waals surface area contributed by atoms with Gasteiger partial charge in [0, 0.05) is 18.2 Å². The van der Waals surface area contributed by atoms with Gasteiger partial charge < -0.3 is 5.11 Å². The molecular weight excluding hydrogens is 246 g/mol. The van der Waals surface area contributed by atoms with E-state index in [1.54, 1.807) is 0 Å². The van der Waals surface area contributed by atoms with Crippen molar-refractivity contribution in [2.45, 2.75) is 51.6 Å². The monoisotopic (exact) mass is 271 g/mol. The minimum atomic E-state index is -0.0763. The van der Waals surface area contributed by atoms with Crippen LogP contribution in [0.15, 0.2) is 24.3 Å². The van der Waals surface area contributed by atoms with Crippen LogP contribution in [0.3, 0.4) is 0 Å². The molecule has 0 spiro atoms. The van der Waals surface area contributed by atoms with Crippen LogP contribution >= 0.6 is 0 Å². The topological polar surface area (TPSA) is 23.5 Å². The second-order valence-electron chi connectivity index (χ2n) is 5.51. The number of hydrogen-bond acceptors (Lipinski definition) is 2. The Labute approximate surface area is 122 Å². The molecule has 1 aliphatic rings. The number of rotatable bonds is 4. The van der Waals surface area contributed by atoms with Crippen LogP contribution in [-0.4, -0.2) is 29.2 Å². The van der Waals surface area contributed by atoms with E-state index in [2.05, 4.69) is 35.8 Å². The second-order valence-corrected chi connectivity index (χ2v) is 5.51. The van der Waals surface area contributed by atoms with Gasteiger partial charge in [0.1, 0.15) is 6.61 Å². The van der Waals surface area contributed by atoms with E-state index in [0.29, 0.717) is 0 Å². The molecule has 1 fully saturated rings. The van der Waals surface area contributed by atoms with Gasteiger partial charge in [-0.15, -0.1) is 0 Å². The van der Waals surface area contributed by atoms with Crippen LogP contribution in [0, 0.1) is 11.8 Å². The van der Waals surface area contributed by atoms with Crippen molar-refractivity contribution in [3.8, 4) is 11.8 Å². The highest BCUT2D eigenvalue weighted by molar-refractivity contribution is 5.36. The minimum absolute atomic E-state index is 0.0763. The van der Waals surface area contributed by atoms with Crippen LogP contribution in [0.2, 0.25) is 0 Å². The molecule has 0 aromatic heterocycles. The van der Waals surface area contributed by atoms with Crippen molar-refractivity contribution in [2.75, 3.05) is 13.2 Å². The zero-order valence-electron chi connectivity index (χ0n) is 12.4. The Hall–Kier alpha value is -1.30. The summed E-state index contributed by atoms with van der Waals surface area (Å²) in [6, 6.07) is 9.18. The van der Waals surface area contributed by atoms with Crippen LogP contribution in [0.1, 0.15) is 50.2 Å². The molecule has 2 heteroatoms. The molecule has 0 amide bonds. The van der Waals surface area contributed by atoms with Gasteiger partial charge in [-0.05, 0) is 37.1 Å². The van der Waals surface area contributed by atoms with E-state index in [0.717, 1.165) is 24.7 Å². The molecule has 0 atom stereocenters. The first-order valence-corrected chi connectivity index (χ1v) is 7.76.